The summed E-state index contributed by atoms with van der Waals surface area (Å²) in [7, 11) is 1.56. The van der Waals surface area contributed by atoms with Gasteiger partial charge in [0.25, 0.3) is 0 Å². The lowest BCUT2D eigenvalue weighted by molar-refractivity contribution is -0.111. The van der Waals surface area contributed by atoms with Gasteiger partial charge in [0.15, 0.2) is 11.5 Å². The number of ether oxygens (including phenoxy) is 3. The minimum Gasteiger partial charge on any atom is -0.493 e. The van der Waals surface area contributed by atoms with Crippen LogP contribution >= 0.6 is 0 Å². The molecule has 1 unspecified atom stereocenters. The number of carbonyl (C=O) groups excluding carboxylic acids is 1. The number of carbonyl (C=O) groups is 1. The van der Waals surface area contributed by atoms with E-state index in [9.17, 15) is 4.79 Å². The second kappa shape index (κ2) is 6.24. The highest BCUT2D eigenvalue weighted by Gasteiger charge is 2.19. The largest absolute Gasteiger partial charge is 0.493 e. The maximum atomic E-state index is 11.2. The molecular weight excluding hydrogens is 246 g/mol. The number of nitrogens with one attached hydrogen (secondary N) is 1. The molecule has 19 heavy (non-hydrogen) atoms. The molecule has 0 aliphatic carbocycles. The molecule has 1 saturated heterocycles. The van der Waals surface area contributed by atoms with Crippen LogP contribution in [0.5, 0.6) is 11.5 Å². The molecule has 0 aromatic heterocycles. The van der Waals surface area contributed by atoms with Crippen LogP contribution in [0.25, 0.3) is 0 Å². The van der Waals surface area contributed by atoms with Crippen molar-refractivity contribution >= 4 is 11.6 Å². The molecule has 0 bridgehead atoms. The van der Waals surface area contributed by atoms with Crippen molar-refractivity contribution < 1.29 is 19.0 Å². The van der Waals surface area contributed by atoms with Gasteiger partial charge in [0.2, 0.25) is 5.91 Å². The number of hydrogen-bond donors (Lipinski definition) is 1. The Hall–Kier alpha value is -2.01. The van der Waals surface area contributed by atoms with Gasteiger partial charge in [-0.2, -0.15) is 0 Å². The summed E-state index contributed by atoms with van der Waals surface area (Å²) in [6.07, 6.45) is 2.15. The molecule has 2 rings (SSSR count). The van der Waals surface area contributed by atoms with Gasteiger partial charge in [-0.1, -0.05) is 6.58 Å². The zero-order valence-electron chi connectivity index (χ0n) is 10.8. The van der Waals surface area contributed by atoms with Crippen LogP contribution in [0.15, 0.2) is 30.9 Å². The summed E-state index contributed by atoms with van der Waals surface area (Å²) in [4.78, 5) is 11.2. The molecule has 1 aromatic carbocycles. The van der Waals surface area contributed by atoms with Crippen LogP contribution in [-0.2, 0) is 9.53 Å². The first-order valence-electron chi connectivity index (χ1n) is 6.09. The average molecular weight is 263 g/mol. The highest BCUT2D eigenvalue weighted by Crippen LogP contribution is 2.31. The molecule has 1 fully saturated rings. The van der Waals surface area contributed by atoms with Crippen molar-refractivity contribution in [2.45, 2.75) is 12.5 Å². The lowest BCUT2D eigenvalue weighted by atomic mass is 10.2. The normalized spacial score (nSPS) is 17.8. The molecule has 1 aliphatic rings. The lowest BCUT2D eigenvalue weighted by Gasteiger charge is -2.15. The molecule has 1 heterocycles. The number of hydrogen-bond acceptors (Lipinski definition) is 4. The van der Waals surface area contributed by atoms with Crippen molar-refractivity contribution in [1.82, 2.24) is 0 Å². The first-order valence-corrected chi connectivity index (χ1v) is 6.09. The highest BCUT2D eigenvalue weighted by molar-refractivity contribution is 5.99. The Labute approximate surface area is 112 Å². The Morgan fingerprint density at radius 3 is 3.00 bits per heavy atom. The van der Waals surface area contributed by atoms with E-state index in [4.69, 9.17) is 14.2 Å². The minimum absolute atomic E-state index is 0.0579. The van der Waals surface area contributed by atoms with E-state index in [1.54, 1.807) is 25.3 Å². The number of amides is 1. The van der Waals surface area contributed by atoms with E-state index in [-0.39, 0.29) is 12.0 Å². The molecule has 1 aromatic rings. The lowest BCUT2D eigenvalue weighted by Crippen LogP contribution is -2.16. The summed E-state index contributed by atoms with van der Waals surface area (Å²) in [5.41, 5.74) is 0.636. The molecule has 0 spiro atoms. The summed E-state index contributed by atoms with van der Waals surface area (Å²) < 4.78 is 16.3. The van der Waals surface area contributed by atoms with Gasteiger partial charge in [0.05, 0.1) is 20.3 Å². The molecule has 1 amide bonds. The molecule has 5 heteroatoms. The van der Waals surface area contributed by atoms with Gasteiger partial charge < -0.3 is 19.5 Å². The summed E-state index contributed by atoms with van der Waals surface area (Å²) in [5.74, 6) is 0.961. The first-order chi connectivity index (χ1) is 9.22. The van der Waals surface area contributed by atoms with Gasteiger partial charge in [0.1, 0.15) is 6.10 Å². The zero-order valence-corrected chi connectivity index (χ0v) is 10.8. The Balaban J connectivity index is 2.11. The molecule has 1 N–H and O–H groups in total. The topological polar surface area (TPSA) is 56.8 Å². The van der Waals surface area contributed by atoms with Crippen molar-refractivity contribution in [2.24, 2.45) is 0 Å². The van der Waals surface area contributed by atoms with Crippen molar-refractivity contribution in [2.75, 3.05) is 25.6 Å². The zero-order chi connectivity index (χ0) is 13.7. The molecular formula is C14H17NO4. The maximum Gasteiger partial charge on any atom is 0.247 e. The van der Waals surface area contributed by atoms with Crippen molar-refractivity contribution in [3.05, 3.63) is 30.9 Å². The van der Waals surface area contributed by atoms with Crippen LogP contribution in [0.1, 0.15) is 6.42 Å². The SMILES string of the molecule is C=CC(=O)Nc1ccc(OC2CCOC2)c(OC)c1. The Morgan fingerprint density at radius 2 is 2.37 bits per heavy atom. The molecule has 0 radical (unpaired) electrons. The third-order valence-electron chi connectivity index (χ3n) is 2.80. The van der Waals surface area contributed by atoms with Crippen molar-refractivity contribution in [3.8, 4) is 11.5 Å². The molecule has 1 aliphatic heterocycles. The average Bonchev–Trinajstić information content (AvgIpc) is 2.93. The van der Waals surface area contributed by atoms with Gasteiger partial charge in [-0.05, 0) is 18.2 Å². The van der Waals surface area contributed by atoms with Crippen LogP contribution in [0.3, 0.4) is 0 Å². The Kier molecular flexibility index (Phi) is 4.41. The fourth-order valence-electron chi connectivity index (χ4n) is 1.82. The maximum absolute atomic E-state index is 11.2. The summed E-state index contributed by atoms with van der Waals surface area (Å²) >= 11 is 0. The van der Waals surface area contributed by atoms with Gasteiger partial charge in [-0.25, -0.2) is 0 Å². The molecule has 5 nitrogen and oxygen atoms in total. The van der Waals surface area contributed by atoms with Crippen LogP contribution < -0.4 is 14.8 Å². The van der Waals surface area contributed by atoms with Crippen molar-refractivity contribution in [1.29, 1.82) is 0 Å². The predicted molar refractivity (Wildman–Crippen MR) is 71.7 cm³/mol. The first kappa shape index (κ1) is 13.4. The smallest absolute Gasteiger partial charge is 0.247 e. The third kappa shape index (κ3) is 3.48. The van der Waals surface area contributed by atoms with E-state index in [1.807, 2.05) is 0 Å². The molecule has 1 atom stereocenters. The van der Waals surface area contributed by atoms with Crippen molar-refractivity contribution in [3.63, 3.8) is 0 Å². The summed E-state index contributed by atoms with van der Waals surface area (Å²) in [6.45, 7) is 4.72. The van der Waals surface area contributed by atoms with Crippen LogP contribution in [0.2, 0.25) is 0 Å². The fourth-order valence-corrected chi connectivity index (χ4v) is 1.82. The second-order valence-electron chi connectivity index (χ2n) is 4.16. The Bertz CT molecular complexity index is 467. The highest BCUT2D eigenvalue weighted by atomic mass is 16.6. The van der Waals surface area contributed by atoms with Gasteiger partial charge in [-0.15, -0.1) is 0 Å². The van der Waals surface area contributed by atoms with Crippen LogP contribution in [-0.4, -0.2) is 32.3 Å². The van der Waals surface area contributed by atoms with E-state index in [0.717, 1.165) is 13.0 Å². The standard InChI is InChI=1S/C14H17NO4/c1-3-14(16)15-10-4-5-12(13(8-10)17-2)19-11-6-7-18-9-11/h3-5,8,11H,1,6-7,9H2,2H3,(H,15,16). The fraction of sp³-hybridized carbons (Fsp3) is 0.357. The minimum atomic E-state index is -0.264. The van der Waals surface area contributed by atoms with E-state index < -0.39 is 0 Å². The summed E-state index contributed by atoms with van der Waals surface area (Å²) in [6, 6.07) is 5.25. The molecule has 0 saturated carbocycles. The number of anilines is 1. The van der Waals surface area contributed by atoms with Crippen LogP contribution in [0.4, 0.5) is 5.69 Å². The van der Waals surface area contributed by atoms with Crippen LogP contribution in [0, 0.1) is 0 Å². The third-order valence-corrected chi connectivity index (χ3v) is 2.80. The predicted octanol–water partition coefficient (Wildman–Crippen LogP) is 1.99. The number of benzene rings is 1. The molecule has 102 valence electrons. The van der Waals surface area contributed by atoms with E-state index in [2.05, 4.69) is 11.9 Å². The van der Waals surface area contributed by atoms with E-state index in [1.165, 1.54) is 6.08 Å². The van der Waals surface area contributed by atoms with E-state index in [0.29, 0.717) is 23.8 Å². The van der Waals surface area contributed by atoms with Gasteiger partial charge >= 0.3 is 0 Å². The Morgan fingerprint density at radius 1 is 1.53 bits per heavy atom. The number of rotatable bonds is 5. The quantitative estimate of drug-likeness (QED) is 0.825. The monoisotopic (exact) mass is 263 g/mol. The van der Waals surface area contributed by atoms with Gasteiger partial charge in [0, 0.05) is 18.2 Å². The van der Waals surface area contributed by atoms with Gasteiger partial charge in [-0.3, -0.25) is 4.79 Å². The second-order valence-corrected chi connectivity index (χ2v) is 4.16. The summed E-state index contributed by atoms with van der Waals surface area (Å²) in [5, 5.41) is 2.67. The number of methoxy groups -OCH3 is 1. The van der Waals surface area contributed by atoms with E-state index >= 15 is 0 Å².